The second kappa shape index (κ2) is 7.67. The predicted octanol–water partition coefficient (Wildman–Crippen LogP) is 4.03. The molecule has 0 bridgehead atoms. The monoisotopic (exact) mass is 344 g/mol. The summed E-state index contributed by atoms with van der Waals surface area (Å²) in [7, 11) is 0. The molecule has 0 amide bonds. The lowest BCUT2D eigenvalue weighted by Crippen LogP contribution is -2.21. The molecule has 4 rings (SSSR count). The molecule has 0 unspecified atom stereocenters. The minimum Gasteiger partial charge on any atom is -0.368 e. The summed E-state index contributed by atoms with van der Waals surface area (Å²) in [6, 6.07) is 17.5. The number of rotatable bonds is 5. The van der Waals surface area contributed by atoms with Gasteiger partial charge in [-0.25, -0.2) is 9.97 Å². The summed E-state index contributed by atoms with van der Waals surface area (Å²) in [5.74, 6) is 0.301. The minimum absolute atomic E-state index is 0.301. The number of nitrogens with two attached hydrogens (primary N) is 1. The van der Waals surface area contributed by atoms with E-state index in [1.54, 1.807) is 12.4 Å². The zero-order chi connectivity index (χ0) is 17.8. The van der Waals surface area contributed by atoms with Crippen molar-refractivity contribution in [3.05, 3.63) is 66.5 Å². The van der Waals surface area contributed by atoms with Crippen molar-refractivity contribution in [3.8, 4) is 22.3 Å². The standard InChI is InChI=1S/C22H24N4/c23-22-24-15-21(16-25-22)20-9-7-19(8-10-20)18-5-3-17(4-6-18)11-14-26-12-1-2-13-26/h3-10,15-16H,1-2,11-14H2,(H2,23,24,25). The van der Waals surface area contributed by atoms with Crippen molar-refractivity contribution in [2.24, 2.45) is 0 Å². The Morgan fingerprint density at radius 3 is 1.81 bits per heavy atom. The Kier molecular flexibility index (Phi) is 4.93. The van der Waals surface area contributed by atoms with Crippen molar-refractivity contribution in [2.75, 3.05) is 25.4 Å². The molecular weight excluding hydrogens is 320 g/mol. The van der Waals surface area contributed by atoms with E-state index in [4.69, 9.17) is 5.73 Å². The summed E-state index contributed by atoms with van der Waals surface area (Å²) in [6.45, 7) is 3.71. The summed E-state index contributed by atoms with van der Waals surface area (Å²) >= 11 is 0. The van der Waals surface area contributed by atoms with Crippen molar-refractivity contribution in [1.82, 2.24) is 14.9 Å². The van der Waals surface area contributed by atoms with E-state index in [0.717, 1.165) is 17.5 Å². The number of hydrogen-bond acceptors (Lipinski definition) is 4. The molecule has 0 radical (unpaired) electrons. The van der Waals surface area contributed by atoms with Crippen molar-refractivity contribution >= 4 is 5.95 Å². The zero-order valence-electron chi connectivity index (χ0n) is 14.9. The Balaban J connectivity index is 1.42. The fraction of sp³-hybridized carbons (Fsp3) is 0.273. The first-order chi connectivity index (χ1) is 12.8. The van der Waals surface area contributed by atoms with Crippen LogP contribution in [0.5, 0.6) is 0 Å². The van der Waals surface area contributed by atoms with E-state index in [-0.39, 0.29) is 0 Å². The molecule has 0 spiro atoms. The molecule has 1 saturated heterocycles. The molecule has 1 aliphatic heterocycles. The molecule has 132 valence electrons. The maximum atomic E-state index is 5.55. The Hall–Kier alpha value is -2.72. The van der Waals surface area contributed by atoms with Gasteiger partial charge in [0.2, 0.25) is 5.95 Å². The van der Waals surface area contributed by atoms with Gasteiger partial charge in [0.1, 0.15) is 0 Å². The SMILES string of the molecule is Nc1ncc(-c2ccc(-c3ccc(CCN4CCCC4)cc3)cc2)cn1. The fourth-order valence-electron chi connectivity index (χ4n) is 3.50. The molecule has 2 heterocycles. The lowest BCUT2D eigenvalue weighted by molar-refractivity contribution is 0.343. The van der Waals surface area contributed by atoms with Crippen LogP contribution < -0.4 is 5.73 Å². The maximum absolute atomic E-state index is 5.55. The number of nitrogen functional groups attached to an aromatic ring is 1. The van der Waals surface area contributed by atoms with Crippen LogP contribution in [0.4, 0.5) is 5.95 Å². The molecule has 0 saturated carbocycles. The van der Waals surface area contributed by atoms with Gasteiger partial charge in [-0.05, 0) is 54.6 Å². The summed E-state index contributed by atoms with van der Waals surface area (Å²) in [6.07, 6.45) is 7.37. The highest BCUT2D eigenvalue weighted by molar-refractivity contribution is 5.69. The molecule has 1 fully saturated rings. The van der Waals surface area contributed by atoms with E-state index in [0.29, 0.717) is 5.95 Å². The Morgan fingerprint density at radius 1 is 0.731 bits per heavy atom. The van der Waals surface area contributed by atoms with Crippen LogP contribution in [0, 0.1) is 0 Å². The Morgan fingerprint density at radius 2 is 1.23 bits per heavy atom. The molecule has 4 nitrogen and oxygen atoms in total. The van der Waals surface area contributed by atoms with Crippen molar-refractivity contribution in [3.63, 3.8) is 0 Å². The number of anilines is 1. The lowest BCUT2D eigenvalue weighted by atomic mass is 10.00. The summed E-state index contributed by atoms with van der Waals surface area (Å²) < 4.78 is 0. The Bertz CT molecular complexity index is 833. The molecule has 2 N–H and O–H groups in total. The van der Waals surface area contributed by atoms with Gasteiger partial charge in [0.05, 0.1) is 0 Å². The van der Waals surface area contributed by atoms with Gasteiger partial charge in [0.25, 0.3) is 0 Å². The average Bonchev–Trinajstić information content (AvgIpc) is 3.21. The third-order valence-corrected chi connectivity index (χ3v) is 5.09. The van der Waals surface area contributed by atoms with E-state index >= 15 is 0 Å². The van der Waals surface area contributed by atoms with Crippen LogP contribution in [0.25, 0.3) is 22.3 Å². The van der Waals surface area contributed by atoms with Crippen LogP contribution in [0.3, 0.4) is 0 Å². The summed E-state index contributed by atoms with van der Waals surface area (Å²) in [4.78, 5) is 10.7. The van der Waals surface area contributed by atoms with Crippen molar-refractivity contribution in [2.45, 2.75) is 19.3 Å². The van der Waals surface area contributed by atoms with Crippen LogP contribution in [-0.2, 0) is 6.42 Å². The van der Waals surface area contributed by atoms with Crippen LogP contribution in [0.15, 0.2) is 60.9 Å². The van der Waals surface area contributed by atoms with Gasteiger partial charge in [-0.3, -0.25) is 0 Å². The maximum Gasteiger partial charge on any atom is 0.219 e. The van der Waals surface area contributed by atoms with Gasteiger partial charge in [0.15, 0.2) is 0 Å². The predicted molar refractivity (Wildman–Crippen MR) is 107 cm³/mol. The zero-order valence-corrected chi connectivity index (χ0v) is 14.9. The van der Waals surface area contributed by atoms with Gasteiger partial charge in [-0.1, -0.05) is 48.5 Å². The smallest absolute Gasteiger partial charge is 0.219 e. The highest BCUT2D eigenvalue weighted by Crippen LogP contribution is 2.25. The number of aromatic nitrogens is 2. The van der Waals surface area contributed by atoms with E-state index < -0.39 is 0 Å². The van der Waals surface area contributed by atoms with Gasteiger partial charge in [-0.2, -0.15) is 0 Å². The van der Waals surface area contributed by atoms with Gasteiger partial charge >= 0.3 is 0 Å². The van der Waals surface area contributed by atoms with Gasteiger partial charge < -0.3 is 10.6 Å². The molecule has 0 aliphatic carbocycles. The first kappa shape index (κ1) is 16.7. The lowest BCUT2D eigenvalue weighted by Gasteiger charge is -2.14. The Labute approximate surface area is 154 Å². The normalized spacial score (nSPS) is 14.6. The molecule has 4 heteroatoms. The molecule has 1 aromatic heterocycles. The largest absolute Gasteiger partial charge is 0.368 e. The first-order valence-corrected chi connectivity index (χ1v) is 9.27. The fourth-order valence-corrected chi connectivity index (χ4v) is 3.50. The third-order valence-electron chi connectivity index (χ3n) is 5.09. The van der Waals surface area contributed by atoms with Crippen molar-refractivity contribution in [1.29, 1.82) is 0 Å². The molecule has 3 aromatic rings. The molecule has 26 heavy (non-hydrogen) atoms. The topological polar surface area (TPSA) is 55.0 Å². The van der Waals surface area contributed by atoms with Crippen LogP contribution in [0.1, 0.15) is 18.4 Å². The molecule has 0 atom stereocenters. The number of nitrogens with zero attached hydrogens (tertiary/aromatic N) is 3. The first-order valence-electron chi connectivity index (χ1n) is 9.27. The van der Waals surface area contributed by atoms with Crippen LogP contribution >= 0.6 is 0 Å². The minimum atomic E-state index is 0.301. The molecule has 1 aliphatic rings. The molecule has 2 aromatic carbocycles. The number of benzene rings is 2. The van der Waals surface area contributed by atoms with Gasteiger partial charge in [-0.15, -0.1) is 0 Å². The number of likely N-dealkylation sites (tertiary alicyclic amines) is 1. The van der Waals surface area contributed by atoms with Gasteiger partial charge in [0, 0.05) is 24.5 Å². The third kappa shape index (κ3) is 3.92. The van der Waals surface area contributed by atoms with E-state index in [1.807, 2.05) is 0 Å². The second-order valence-corrected chi connectivity index (χ2v) is 6.90. The highest BCUT2D eigenvalue weighted by Gasteiger charge is 2.10. The number of hydrogen-bond donors (Lipinski definition) is 1. The van der Waals surface area contributed by atoms with E-state index in [1.165, 1.54) is 49.2 Å². The van der Waals surface area contributed by atoms with E-state index in [2.05, 4.69) is 63.4 Å². The van der Waals surface area contributed by atoms with Crippen LogP contribution in [-0.4, -0.2) is 34.5 Å². The summed E-state index contributed by atoms with van der Waals surface area (Å²) in [5.41, 5.74) is 11.5. The average molecular weight is 344 g/mol. The van der Waals surface area contributed by atoms with E-state index in [9.17, 15) is 0 Å². The van der Waals surface area contributed by atoms with Crippen molar-refractivity contribution < 1.29 is 0 Å². The highest BCUT2D eigenvalue weighted by atomic mass is 15.1. The van der Waals surface area contributed by atoms with Crippen LogP contribution in [0.2, 0.25) is 0 Å². The summed E-state index contributed by atoms with van der Waals surface area (Å²) in [5, 5.41) is 0. The molecular formula is C22H24N4. The second-order valence-electron chi connectivity index (χ2n) is 6.90. The quantitative estimate of drug-likeness (QED) is 0.759.